The van der Waals surface area contributed by atoms with Crippen molar-refractivity contribution in [3.63, 3.8) is 0 Å². The van der Waals surface area contributed by atoms with E-state index in [-0.39, 0.29) is 5.56 Å². The smallest absolute Gasteiger partial charge is 0.274 e. The summed E-state index contributed by atoms with van der Waals surface area (Å²) in [6, 6.07) is 13.1. The molecule has 0 aliphatic rings. The van der Waals surface area contributed by atoms with E-state index in [9.17, 15) is 4.79 Å². The Morgan fingerprint density at radius 2 is 2.04 bits per heavy atom. The summed E-state index contributed by atoms with van der Waals surface area (Å²) in [4.78, 5) is 20.3. The van der Waals surface area contributed by atoms with Gasteiger partial charge in [-0.2, -0.15) is 14.7 Å². The molecule has 1 aromatic carbocycles. The molecule has 8 nitrogen and oxygen atoms in total. The van der Waals surface area contributed by atoms with Crippen molar-refractivity contribution in [2.45, 2.75) is 6.73 Å². The topological polar surface area (TPSA) is 90.1 Å². The highest BCUT2D eigenvalue weighted by molar-refractivity contribution is 5.84. The summed E-state index contributed by atoms with van der Waals surface area (Å²) in [6.07, 6.45) is 5.15. The van der Waals surface area contributed by atoms with Crippen LogP contribution in [0.2, 0.25) is 0 Å². The summed E-state index contributed by atoms with van der Waals surface area (Å²) in [5.41, 5.74) is 4.48. The van der Waals surface area contributed by atoms with Crippen molar-refractivity contribution in [2.24, 2.45) is 0 Å². The first kappa shape index (κ1) is 16.4. The molecule has 0 saturated heterocycles. The number of aromatic amines is 1. The normalized spacial score (nSPS) is 11.5. The predicted octanol–water partition coefficient (Wildman–Crippen LogP) is 2.71. The van der Waals surface area contributed by atoms with E-state index in [1.807, 2.05) is 36.4 Å². The lowest BCUT2D eigenvalue weighted by molar-refractivity contribution is 0.124. The predicted molar refractivity (Wildman–Crippen MR) is 105 cm³/mol. The van der Waals surface area contributed by atoms with Crippen molar-refractivity contribution >= 4 is 16.6 Å². The molecular weight excluding hydrogens is 356 g/mol. The summed E-state index contributed by atoms with van der Waals surface area (Å²) in [5, 5.41) is 9.51. The van der Waals surface area contributed by atoms with Crippen LogP contribution in [-0.4, -0.2) is 36.5 Å². The molecule has 138 valence electrons. The van der Waals surface area contributed by atoms with Crippen LogP contribution in [-0.2, 0) is 11.5 Å². The van der Waals surface area contributed by atoms with Gasteiger partial charge in [-0.05, 0) is 29.8 Å². The summed E-state index contributed by atoms with van der Waals surface area (Å²) in [7, 11) is 1.63. The maximum Gasteiger partial charge on any atom is 0.274 e. The highest BCUT2D eigenvalue weighted by atomic mass is 16.5. The molecule has 5 rings (SSSR count). The first-order chi connectivity index (χ1) is 13.7. The van der Waals surface area contributed by atoms with Crippen molar-refractivity contribution in [3.05, 3.63) is 71.4 Å². The number of hydrogen-bond acceptors (Lipinski definition) is 5. The van der Waals surface area contributed by atoms with Gasteiger partial charge in [-0.3, -0.25) is 9.78 Å². The summed E-state index contributed by atoms with van der Waals surface area (Å²) in [5.74, 6) is 0. The Hall–Kier alpha value is -3.78. The maximum absolute atomic E-state index is 12.6. The number of H-pyrrole nitrogens is 1. The molecule has 0 unspecified atom stereocenters. The molecule has 0 saturated carbocycles. The van der Waals surface area contributed by atoms with Gasteiger partial charge in [-0.15, -0.1) is 0 Å². The van der Waals surface area contributed by atoms with Gasteiger partial charge < -0.3 is 9.72 Å². The van der Waals surface area contributed by atoms with E-state index in [4.69, 9.17) is 4.74 Å². The molecule has 0 radical (unpaired) electrons. The third-order valence-electron chi connectivity index (χ3n) is 4.64. The van der Waals surface area contributed by atoms with Gasteiger partial charge in [0.25, 0.3) is 5.56 Å². The number of ether oxygens (including phenoxy) is 1. The van der Waals surface area contributed by atoms with E-state index in [2.05, 4.69) is 20.2 Å². The molecule has 0 aliphatic carbocycles. The zero-order valence-corrected chi connectivity index (χ0v) is 15.0. The molecule has 28 heavy (non-hydrogen) atoms. The largest absolute Gasteiger partial charge is 0.362 e. The van der Waals surface area contributed by atoms with E-state index < -0.39 is 0 Å². The average Bonchev–Trinajstić information content (AvgIpc) is 3.33. The van der Waals surface area contributed by atoms with Crippen LogP contribution in [0, 0.1) is 0 Å². The van der Waals surface area contributed by atoms with E-state index in [0.29, 0.717) is 18.1 Å². The van der Waals surface area contributed by atoms with E-state index >= 15 is 0 Å². The molecule has 0 fully saturated rings. The zero-order chi connectivity index (χ0) is 19.1. The van der Waals surface area contributed by atoms with Gasteiger partial charge in [0.15, 0.2) is 0 Å². The van der Waals surface area contributed by atoms with Gasteiger partial charge in [0.2, 0.25) is 0 Å². The Morgan fingerprint density at radius 1 is 1.11 bits per heavy atom. The molecule has 4 aromatic heterocycles. The molecule has 0 aliphatic heterocycles. The van der Waals surface area contributed by atoms with Crippen LogP contribution in [0.25, 0.3) is 39.1 Å². The van der Waals surface area contributed by atoms with Crippen LogP contribution >= 0.6 is 0 Å². The highest BCUT2D eigenvalue weighted by Crippen LogP contribution is 2.25. The third-order valence-corrected chi connectivity index (χ3v) is 4.64. The second-order valence-corrected chi connectivity index (χ2v) is 6.39. The van der Waals surface area contributed by atoms with Crippen molar-refractivity contribution in [1.82, 2.24) is 29.4 Å². The van der Waals surface area contributed by atoms with Crippen LogP contribution in [0.3, 0.4) is 0 Å². The molecule has 0 amide bonds. The number of fused-ring (bicyclic) bond motifs is 2. The van der Waals surface area contributed by atoms with Crippen molar-refractivity contribution in [3.8, 4) is 22.5 Å². The second-order valence-electron chi connectivity index (χ2n) is 6.39. The Kier molecular flexibility index (Phi) is 3.77. The second kappa shape index (κ2) is 6.43. The number of methoxy groups -OCH3 is 1. The highest BCUT2D eigenvalue weighted by Gasteiger charge is 2.13. The quantitative estimate of drug-likeness (QED) is 0.524. The minimum Gasteiger partial charge on any atom is -0.362 e. The summed E-state index contributed by atoms with van der Waals surface area (Å²) < 4.78 is 8.29. The van der Waals surface area contributed by atoms with Crippen molar-refractivity contribution in [1.29, 1.82) is 0 Å². The van der Waals surface area contributed by atoms with Gasteiger partial charge in [0, 0.05) is 24.8 Å². The Bertz CT molecular complexity index is 1350. The lowest BCUT2D eigenvalue weighted by Crippen LogP contribution is -2.14. The Labute approximate surface area is 159 Å². The lowest BCUT2D eigenvalue weighted by Gasteiger charge is -2.06. The lowest BCUT2D eigenvalue weighted by atomic mass is 10.1. The first-order valence-electron chi connectivity index (χ1n) is 8.72. The number of hydrogen-bond donors (Lipinski definition) is 1. The Balaban J connectivity index is 1.67. The number of rotatable bonds is 4. The average molecular weight is 372 g/mol. The van der Waals surface area contributed by atoms with Crippen molar-refractivity contribution < 1.29 is 4.74 Å². The molecule has 5 aromatic rings. The van der Waals surface area contributed by atoms with E-state index in [0.717, 1.165) is 27.7 Å². The first-order valence-corrected chi connectivity index (χ1v) is 8.72. The van der Waals surface area contributed by atoms with Crippen LogP contribution in [0.15, 0.2) is 65.8 Å². The van der Waals surface area contributed by atoms with Crippen LogP contribution < -0.4 is 5.56 Å². The number of pyridine rings is 1. The van der Waals surface area contributed by atoms with Crippen LogP contribution in [0.4, 0.5) is 0 Å². The van der Waals surface area contributed by atoms with Gasteiger partial charge >= 0.3 is 0 Å². The minimum absolute atomic E-state index is 0.207. The SMILES string of the molecule is COCn1ncc2cc(-c3cc(=O)n4ncc(-c5ccccn5)c4[nH]3)ccc21. The third kappa shape index (κ3) is 2.58. The van der Waals surface area contributed by atoms with Crippen LogP contribution in [0.1, 0.15) is 0 Å². The number of benzene rings is 1. The fourth-order valence-electron chi connectivity index (χ4n) is 3.33. The molecule has 0 spiro atoms. The standard InChI is InChI=1S/C20H16N6O2/c1-28-12-25-18-6-5-13(8-14(18)10-22-25)17-9-19(27)26-20(24-17)15(11-23-26)16-4-2-3-7-21-16/h2-11,24H,12H2,1H3. The summed E-state index contributed by atoms with van der Waals surface area (Å²) >= 11 is 0. The number of aromatic nitrogens is 6. The van der Waals surface area contributed by atoms with Crippen LogP contribution in [0.5, 0.6) is 0 Å². The molecule has 8 heteroatoms. The van der Waals surface area contributed by atoms with E-state index in [1.165, 1.54) is 4.52 Å². The molecule has 1 N–H and O–H groups in total. The van der Waals surface area contributed by atoms with E-state index in [1.54, 1.807) is 36.4 Å². The molecule has 0 atom stereocenters. The Morgan fingerprint density at radius 3 is 2.86 bits per heavy atom. The van der Waals surface area contributed by atoms with Crippen molar-refractivity contribution in [2.75, 3.05) is 7.11 Å². The zero-order valence-electron chi connectivity index (χ0n) is 15.0. The summed E-state index contributed by atoms with van der Waals surface area (Å²) in [6.45, 7) is 0.384. The van der Waals surface area contributed by atoms with Gasteiger partial charge in [0.05, 0.1) is 34.9 Å². The van der Waals surface area contributed by atoms with Gasteiger partial charge in [0.1, 0.15) is 12.4 Å². The number of nitrogens with one attached hydrogen (secondary N) is 1. The monoisotopic (exact) mass is 372 g/mol. The van der Waals surface area contributed by atoms with Gasteiger partial charge in [-0.25, -0.2) is 4.68 Å². The molecule has 0 bridgehead atoms. The fourth-order valence-corrected chi connectivity index (χ4v) is 3.33. The van der Waals surface area contributed by atoms with Gasteiger partial charge in [-0.1, -0.05) is 12.1 Å². The fraction of sp³-hybridized carbons (Fsp3) is 0.100. The number of nitrogens with zero attached hydrogens (tertiary/aromatic N) is 5. The molecule has 4 heterocycles. The molecular formula is C20H16N6O2. The maximum atomic E-state index is 12.6. The minimum atomic E-state index is -0.207.